The largest absolute Gasteiger partial charge is 0.388 e. The number of anilines is 2. The van der Waals surface area contributed by atoms with Crippen LogP contribution in [0.3, 0.4) is 0 Å². The predicted octanol–water partition coefficient (Wildman–Crippen LogP) is 0.750. The average Bonchev–Trinajstić information content (AvgIpc) is 2.53. The van der Waals surface area contributed by atoms with Crippen LogP contribution in [0.1, 0.15) is 13.8 Å². The lowest BCUT2D eigenvalue weighted by atomic mass is 9.95. The molecule has 1 saturated heterocycles. The number of hydrogen-bond acceptors (Lipinski definition) is 5. The summed E-state index contributed by atoms with van der Waals surface area (Å²) in [4.78, 5) is 12.8. The Labute approximate surface area is 102 Å². The number of β-amino-alcohol motifs (C(OH)–C–C–N with tert-alkyl or cyclic N) is 1. The molecule has 2 heterocycles. The Morgan fingerprint density at radius 3 is 2.59 bits per heavy atom. The molecule has 0 amide bonds. The molecule has 0 saturated carbocycles. The molecule has 0 aliphatic carbocycles. The first-order valence-electron chi connectivity index (χ1n) is 5.87. The highest BCUT2D eigenvalue weighted by molar-refractivity contribution is 5.62. The quantitative estimate of drug-likeness (QED) is 0.821. The van der Waals surface area contributed by atoms with Crippen LogP contribution in [0.5, 0.6) is 0 Å². The molecular formula is C12H20N4O. The fraction of sp³-hybridized carbons (Fsp3) is 0.667. The lowest BCUT2D eigenvalue weighted by molar-refractivity contribution is 0.0443. The van der Waals surface area contributed by atoms with Crippen molar-refractivity contribution in [1.82, 2.24) is 9.97 Å². The molecule has 0 unspecified atom stereocenters. The Balaban J connectivity index is 2.30. The van der Waals surface area contributed by atoms with Gasteiger partial charge >= 0.3 is 0 Å². The first kappa shape index (κ1) is 12.1. The predicted molar refractivity (Wildman–Crippen MR) is 68.4 cm³/mol. The monoisotopic (exact) mass is 236 g/mol. The van der Waals surface area contributed by atoms with E-state index in [1.165, 1.54) is 0 Å². The summed E-state index contributed by atoms with van der Waals surface area (Å²) in [6.45, 7) is 5.36. The van der Waals surface area contributed by atoms with E-state index in [9.17, 15) is 5.11 Å². The normalized spacial score (nSPS) is 28.5. The molecular weight excluding hydrogens is 216 g/mol. The van der Waals surface area contributed by atoms with Crippen LogP contribution in [0.2, 0.25) is 0 Å². The second kappa shape index (κ2) is 4.14. The Morgan fingerprint density at radius 1 is 1.41 bits per heavy atom. The van der Waals surface area contributed by atoms with Crippen molar-refractivity contribution in [1.29, 1.82) is 0 Å². The van der Waals surface area contributed by atoms with Crippen LogP contribution in [0.25, 0.3) is 0 Å². The summed E-state index contributed by atoms with van der Waals surface area (Å²) in [5, 5.41) is 10.2. The van der Waals surface area contributed by atoms with Crippen LogP contribution in [0, 0.1) is 5.92 Å². The fourth-order valence-corrected chi connectivity index (χ4v) is 2.16. The third-order valence-corrected chi connectivity index (χ3v) is 3.45. The molecule has 1 aromatic heterocycles. The Morgan fingerprint density at radius 2 is 2.06 bits per heavy atom. The van der Waals surface area contributed by atoms with Gasteiger partial charge in [0, 0.05) is 45.5 Å². The highest BCUT2D eigenvalue weighted by Gasteiger charge is 2.39. The first-order valence-corrected chi connectivity index (χ1v) is 5.87. The number of aromatic nitrogens is 2. The van der Waals surface area contributed by atoms with Gasteiger partial charge in [-0.15, -0.1) is 0 Å². The maximum Gasteiger partial charge on any atom is 0.172 e. The van der Waals surface area contributed by atoms with Gasteiger partial charge in [-0.3, -0.25) is 0 Å². The van der Waals surface area contributed by atoms with Gasteiger partial charge in [-0.05, 0) is 6.92 Å². The van der Waals surface area contributed by atoms with E-state index >= 15 is 0 Å². The summed E-state index contributed by atoms with van der Waals surface area (Å²) in [7, 11) is 3.90. The Hall–Kier alpha value is -1.36. The van der Waals surface area contributed by atoms with Crippen LogP contribution in [0.4, 0.5) is 11.6 Å². The second-order valence-corrected chi connectivity index (χ2v) is 5.24. The molecule has 0 spiro atoms. The molecule has 5 heteroatoms. The van der Waals surface area contributed by atoms with Gasteiger partial charge in [-0.2, -0.15) is 0 Å². The molecule has 2 atom stereocenters. The van der Waals surface area contributed by atoms with Gasteiger partial charge in [0.15, 0.2) is 11.6 Å². The molecule has 1 N–H and O–H groups in total. The fourth-order valence-electron chi connectivity index (χ4n) is 2.16. The van der Waals surface area contributed by atoms with Gasteiger partial charge in [-0.1, -0.05) is 6.92 Å². The van der Waals surface area contributed by atoms with Crippen molar-refractivity contribution in [2.45, 2.75) is 19.4 Å². The highest BCUT2D eigenvalue weighted by Crippen LogP contribution is 2.33. The molecule has 0 aromatic carbocycles. The second-order valence-electron chi connectivity index (χ2n) is 5.24. The molecule has 0 radical (unpaired) electrons. The van der Waals surface area contributed by atoms with Crippen molar-refractivity contribution in [2.75, 3.05) is 37.0 Å². The minimum absolute atomic E-state index is 0.236. The standard InChI is InChI=1S/C12H20N4O/c1-9-7-16(8-12(9,2)17)11-10(15(3)4)13-5-6-14-11/h5-6,9,17H,7-8H2,1-4H3/t9-,12+/m1/s1. The van der Waals surface area contributed by atoms with Gasteiger partial charge in [0.25, 0.3) is 0 Å². The van der Waals surface area contributed by atoms with Crippen molar-refractivity contribution in [3.63, 3.8) is 0 Å². The Bertz CT molecular complexity index is 405. The van der Waals surface area contributed by atoms with Crippen LogP contribution < -0.4 is 9.80 Å². The van der Waals surface area contributed by atoms with Gasteiger partial charge < -0.3 is 14.9 Å². The summed E-state index contributed by atoms with van der Waals surface area (Å²) in [6, 6.07) is 0. The van der Waals surface area contributed by atoms with Crippen molar-refractivity contribution in [3.8, 4) is 0 Å². The molecule has 1 aliphatic rings. The number of hydrogen-bond donors (Lipinski definition) is 1. The maximum atomic E-state index is 10.2. The molecule has 1 fully saturated rings. The van der Waals surface area contributed by atoms with Crippen molar-refractivity contribution in [2.24, 2.45) is 5.92 Å². The van der Waals surface area contributed by atoms with E-state index in [1.54, 1.807) is 12.4 Å². The van der Waals surface area contributed by atoms with E-state index in [1.807, 2.05) is 25.9 Å². The summed E-state index contributed by atoms with van der Waals surface area (Å²) in [5.41, 5.74) is -0.652. The van der Waals surface area contributed by atoms with Crippen LogP contribution in [-0.2, 0) is 0 Å². The van der Waals surface area contributed by atoms with Crippen LogP contribution >= 0.6 is 0 Å². The minimum Gasteiger partial charge on any atom is -0.388 e. The third-order valence-electron chi connectivity index (χ3n) is 3.45. The molecule has 1 aliphatic heterocycles. The zero-order valence-corrected chi connectivity index (χ0v) is 10.9. The molecule has 2 rings (SSSR count). The highest BCUT2D eigenvalue weighted by atomic mass is 16.3. The lowest BCUT2D eigenvalue weighted by Crippen LogP contribution is -2.33. The third kappa shape index (κ3) is 2.20. The lowest BCUT2D eigenvalue weighted by Gasteiger charge is -2.24. The van der Waals surface area contributed by atoms with Crippen molar-refractivity contribution >= 4 is 11.6 Å². The van der Waals surface area contributed by atoms with E-state index < -0.39 is 5.60 Å². The van der Waals surface area contributed by atoms with E-state index in [0.717, 1.165) is 18.2 Å². The number of nitrogens with zero attached hydrogens (tertiary/aromatic N) is 4. The first-order chi connectivity index (χ1) is 7.92. The summed E-state index contributed by atoms with van der Waals surface area (Å²) in [6.07, 6.45) is 3.39. The zero-order chi connectivity index (χ0) is 12.6. The maximum absolute atomic E-state index is 10.2. The van der Waals surface area contributed by atoms with Gasteiger partial charge in [0.2, 0.25) is 0 Å². The van der Waals surface area contributed by atoms with Gasteiger partial charge in [-0.25, -0.2) is 9.97 Å². The molecule has 17 heavy (non-hydrogen) atoms. The summed E-state index contributed by atoms with van der Waals surface area (Å²) in [5.74, 6) is 1.93. The number of rotatable bonds is 2. The zero-order valence-electron chi connectivity index (χ0n) is 10.9. The smallest absolute Gasteiger partial charge is 0.172 e. The van der Waals surface area contributed by atoms with E-state index in [0.29, 0.717) is 6.54 Å². The SMILES string of the molecule is C[C@@H]1CN(c2nccnc2N(C)C)C[C@]1(C)O. The molecule has 94 valence electrons. The minimum atomic E-state index is -0.652. The molecule has 1 aromatic rings. The summed E-state index contributed by atoms with van der Waals surface area (Å²) < 4.78 is 0. The summed E-state index contributed by atoms with van der Waals surface area (Å²) >= 11 is 0. The van der Waals surface area contributed by atoms with Gasteiger partial charge in [0.1, 0.15) is 0 Å². The average molecular weight is 236 g/mol. The van der Waals surface area contributed by atoms with Crippen LogP contribution in [0.15, 0.2) is 12.4 Å². The van der Waals surface area contributed by atoms with E-state index in [-0.39, 0.29) is 5.92 Å². The van der Waals surface area contributed by atoms with Crippen LogP contribution in [-0.4, -0.2) is 47.9 Å². The van der Waals surface area contributed by atoms with Crippen molar-refractivity contribution in [3.05, 3.63) is 12.4 Å². The van der Waals surface area contributed by atoms with E-state index in [4.69, 9.17) is 0 Å². The van der Waals surface area contributed by atoms with Crippen molar-refractivity contribution < 1.29 is 5.11 Å². The molecule has 5 nitrogen and oxygen atoms in total. The molecule has 0 bridgehead atoms. The topological polar surface area (TPSA) is 52.5 Å². The van der Waals surface area contributed by atoms with E-state index in [2.05, 4.69) is 21.8 Å². The Kier molecular flexibility index (Phi) is 2.95. The number of aliphatic hydroxyl groups is 1. The van der Waals surface area contributed by atoms with Gasteiger partial charge in [0.05, 0.1) is 5.60 Å².